The van der Waals surface area contributed by atoms with Crippen molar-refractivity contribution >= 4 is 29.4 Å². The van der Waals surface area contributed by atoms with Crippen molar-refractivity contribution in [1.82, 2.24) is 19.8 Å². The fourth-order valence-electron chi connectivity index (χ4n) is 4.91. The molecule has 2 amide bonds. The number of anilines is 2. The van der Waals surface area contributed by atoms with E-state index < -0.39 is 11.2 Å². The number of piperidine rings is 1. The SMILES string of the molecule is COc1cc(N)ncc1C1=CCN(C(=O)OC(C)(C)C)CC1.COc1cc(N)ncc1C1CCN(C(=O)OC(C)(C)C)CC1. The van der Waals surface area contributed by atoms with Crippen LogP contribution in [0.3, 0.4) is 0 Å². The van der Waals surface area contributed by atoms with Gasteiger partial charge in [-0.3, -0.25) is 0 Å². The van der Waals surface area contributed by atoms with E-state index in [2.05, 4.69) is 9.97 Å². The van der Waals surface area contributed by atoms with E-state index in [4.69, 9.17) is 30.4 Å². The zero-order valence-electron chi connectivity index (χ0n) is 27.3. The molecule has 0 spiro atoms. The number of nitrogen functional groups attached to an aromatic ring is 2. The number of hydrogen-bond donors (Lipinski definition) is 2. The summed E-state index contributed by atoms with van der Waals surface area (Å²) in [7, 11) is 3.24. The predicted molar refractivity (Wildman–Crippen MR) is 171 cm³/mol. The highest BCUT2D eigenvalue weighted by Gasteiger charge is 2.29. The zero-order chi connectivity index (χ0) is 32.7. The second-order valence-corrected chi connectivity index (χ2v) is 12.8. The highest BCUT2D eigenvalue weighted by Crippen LogP contribution is 2.35. The Morgan fingerprint density at radius 3 is 1.82 bits per heavy atom. The number of ether oxygens (including phenoxy) is 4. The van der Waals surface area contributed by atoms with E-state index in [0.29, 0.717) is 49.5 Å². The Morgan fingerprint density at radius 1 is 0.795 bits per heavy atom. The van der Waals surface area contributed by atoms with Crippen LogP contribution in [-0.4, -0.2) is 83.6 Å². The number of rotatable bonds is 4. The van der Waals surface area contributed by atoms with Crippen molar-refractivity contribution < 1.29 is 28.5 Å². The number of carbonyl (C=O) groups is 2. The number of amides is 2. The van der Waals surface area contributed by atoms with Crippen molar-refractivity contribution in [3.63, 3.8) is 0 Å². The summed E-state index contributed by atoms with van der Waals surface area (Å²) in [6, 6.07) is 3.45. The molecule has 0 aromatic carbocycles. The van der Waals surface area contributed by atoms with E-state index >= 15 is 0 Å². The van der Waals surface area contributed by atoms with Gasteiger partial charge in [-0.25, -0.2) is 19.6 Å². The lowest BCUT2D eigenvalue weighted by Gasteiger charge is -2.33. The molecule has 4 heterocycles. The summed E-state index contributed by atoms with van der Waals surface area (Å²) in [4.78, 5) is 35.8. The molecule has 4 N–H and O–H groups in total. The van der Waals surface area contributed by atoms with Crippen LogP contribution < -0.4 is 20.9 Å². The van der Waals surface area contributed by atoms with Gasteiger partial charge in [-0.15, -0.1) is 0 Å². The number of likely N-dealkylation sites (tertiary alicyclic amines) is 1. The van der Waals surface area contributed by atoms with E-state index in [1.165, 1.54) is 0 Å². The summed E-state index contributed by atoms with van der Waals surface area (Å²) < 4.78 is 21.5. The van der Waals surface area contributed by atoms with Gasteiger partial charge in [0.15, 0.2) is 0 Å². The monoisotopic (exact) mass is 612 g/mol. The van der Waals surface area contributed by atoms with Crippen LogP contribution in [0.5, 0.6) is 11.5 Å². The topological polar surface area (TPSA) is 155 Å². The van der Waals surface area contributed by atoms with E-state index in [1.807, 2.05) is 47.6 Å². The minimum Gasteiger partial charge on any atom is -0.496 e. The Kier molecular flexibility index (Phi) is 11.3. The van der Waals surface area contributed by atoms with E-state index in [1.54, 1.807) is 48.5 Å². The normalized spacial score (nSPS) is 15.9. The van der Waals surface area contributed by atoms with Gasteiger partial charge >= 0.3 is 12.2 Å². The third kappa shape index (κ3) is 9.92. The van der Waals surface area contributed by atoms with Crippen molar-refractivity contribution in [3.8, 4) is 11.5 Å². The Bertz CT molecular complexity index is 1330. The first-order chi connectivity index (χ1) is 20.6. The third-order valence-corrected chi connectivity index (χ3v) is 7.04. The first kappa shape index (κ1) is 34.3. The lowest BCUT2D eigenvalue weighted by Crippen LogP contribution is -2.41. The molecule has 4 rings (SSSR count). The minimum atomic E-state index is -0.481. The largest absolute Gasteiger partial charge is 0.496 e. The molecular weight excluding hydrogens is 564 g/mol. The van der Waals surface area contributed by atoms with Crippen LogP contribution in [0.2, 0.25) is 0 Å². The second-order valence-electron chi connectivity index (χ2n) is 12.8. The van der Waals surface area contributed by atoms with Gasteiger partial charge in [-0.05, 0) is 72.3 Å². The molecule has 2 aliphatic heterocycles. The van der Waals surface area contributed by atoms with E-state index in [-0.39, 0.29) is 12.2 Å². The van der Waals surface area contributed by atoms with Crippen LogP contribution in [-0.2, 0) is 9.47 Å². The van der Waals surface area contributed by atoms with Crippen LogP contribution in [0.4, 0.5) is 21.2 Å². The summed E-state index contributed by atoms with van der Waals surface area (Å²) >= 11 is 0. The number of methoxy groups -OCH3 is 2. The highest BCUT2D eigenvalue weighted by atomic mass is 16.6. The zero-order valence-corrected chi connectivity index (χ0v) is 27.3. The molecule has 0 aliphatic carbocycles. The molecule has 12 nitrogen and oxygen atoms in total. The molecule has 12 heteroatoms. The van der Waals surface area contributed by atoms with Crippen molar-refractivity contribution in [2.24, 2.45) is 0 Å². The summed E-state index contributed by atoms with van der Waals surface area (Å²) in [6.07, 6.45) is 7.41. The molecule has 2 aliphatic rings. The lowest BCUT2D eigenvalue weighted by molar-refractivity contribution is 0.0203. The van der Waals surface area contributed by atoms with E-state index in [9.17, 15) is 9.59 Å². The summed E-state index contributed by atoms with van der Waals surface area (Å²) in [5.41, 5.74) is 13.5. The fraction of sp³-hybridized carbons (Fsp3) is 0.562. The number of carbonyl (C=O) groups excluding carboxylic acids is 2. The van der Waals surface area contributed by atoms with Crippen LogP contribution >= 0.6 is 0 Å². The maximum atomic E-state index is 12.1. The van der Waals surface area contributed by atoms with Gasteiger partial charge in [0, 0.05) is 61.8 Å². The lowest BCUT2D eigenvalue weighted by atomic mass is 9.90. The first-order valence-corrected chi connectivity index (χ1v) is 14.8. The molecule has 242 valence electrons. The number of hydrogen-bond acceptors (Lipinski definition) is 10. The van der Waals surface area contributed by atoms with Gasteiger partial charge in [-0.1, -0.05) is 6.08 Å². The number of pyridine rings is 2. The van der Waals surface area contributed by atoms with Crippen molar-refractivity contribution in [2.75, 3.05) is 51.9 Å². The first-order valence-electron chi connectivity index (χ1n) is 14.8. The minimum absolute atomic E-state index is 0.242. The number of aromatic nitrogens is 2. The average Bonchev–Trinajstić information content (AvgIpc) is 2.96. The van der Waals surface area contributed by atoms with Crippen LogP contribution in [0.1, 0.15) is 77.8 Å². The number of nitrogens with two attached hydrogens (primary N) is 2. The molecule has 0 saturated carbocycles. The van der Waals surface area contributed by atoms with Crippen LogP contribution in [0, 0.1) is 0 Å². The van der Waals surface area contributed by atoms with Crippen molar-refractivity contribution in [1.29, 1.82) is 0 Å². The summed E-state index contributed by atoms with van der Waals surface area (Å²) in [6.45, 7) is 13.7. The molecular formula is C32H48N6O6. The standard InChI is InChI=1S/C16H25N3O3.C16H23N3O3/c2*1-16(2,3)22-15(20)19-7-5-11(6-8-19)12-10-18-14(17)9-13(12)21-4/h9-11H,5-8H2,1-4H3,(H2,17,18);5,9-10H,6-8H2,1-4H3,(H2,17,18). The van der Waals surface area contributed by atoms with E-state index in [0.717, 1.165) is 41.7 Å². The molecule has 1 saturated heterocycles. The Morgan fingerprint density at radius 2 is 1.32 bits per heavy atom. The Hall–Kier alpha value is -4.22. The quantitative estimate of drug-likeness (QED) is 0.453. The van der Waals surface area contributed by atoms with Gasteiger partial charge in [0.1, 0.15) is 34.3 Å². The molecule has 2 aromatic rings. The Labute approximate surface area is 260 Å². The van der Waals surface area contributed by atoms with Crippen LogP contribution in [0.25, 0.3) is 5.57 Å². The predicted octanol–water partition coefficient (Wildman–Crippen LogP) is 5.48. The molecule has 2 aromatic heterocycles. The molecule has 0 atom stereocenters. The van der Waals surface area contributed by atoms with Gasteiger partial charge in [0.2, 0.25) is 0 Å². The van der Waals surface area contributed by atoms with Gasteiger partial charge < -0.3 is 40.2 Å². The van der Waals surface area contributed by atoms with Crippen LogP contribution in [0.15, 0.2) is 30.6 Å². The Balaban J connectivity index is 0.000000240. The fourth-order valence-corrected chi connectivity index (χ4v) is 4.91. The highest BCUT2D eigenvalue weighted by molar-refractivity contribution is 5.75. The van der Waals surface area contributed by atoms with Gasteiger partial charge in [0.25, 0.3) is 0 Å². The van der Waals surface area contributed by atoms with Gasteiger partial charge in [0.05, 0.1) is 14.2 Å². The third-order valence-electron chi connectivity index (χ3n) is 7.04. The van der Waals surface area contributed by atoms with Crippen molar-refractivity contribution in [3.05, 3.63) is 41.7 Å². The average molecular weight is 613 g/mol. The molecule has 0 bridgehead atoms. The molecule has 0 unspecified atom stereocenters. The molecule has 1 fully saturated rings. The smallest absolute Gasteiger partial charge is 0.410 e. The summed E-state index contributed by atoms with van der Waals surface area (Å²) in [5, 5.41) is 0. The molecule has 0 radical (unpaired) electrons. The molecule has 44 heavy (non-hydrogen) atoms. The van der Waals surface area contributed by atoms with Crippen molar-refractivity contribution in [2.45, 2.75) is 77.9 Å². The van der Waals surface area contributed by atoms with Gasteiger partial charge in [-0.2, -0.15) is 0 Å². The second kappa shape index (κ2) is 14.5. The maximum Gasteiger partial charge on any atom is 0.410 e. The summed E-state index contributed by atoms with van der Waals surface area (Å²) in [5.74, 6) is 2.66. The number of nitrogens with zero attached hydrogens (tertiary/aromatic N) is 4. The maximum absolute atomic E-state index is 12.1.